The van der Waals surface area contributed by atoms with Gasteiger partial charge in [0.2, 0.25) is 5.13 Å². The van der Waals surface area contributed by atoms with Crippen LogP contribution in [-0.4, -0.2) is 41.3 Å². The third kappa shape index (κ3) is 2.16. The second-order valence-corrected chi connectivity index (χ2v) is 4.70. The van der Waals surface area contributed by atoms with E-state index in [-0.39, 0.29) is 0 Å². The Morgan fingerprint density at radius 3 is 2.92 bits per heavy atom. The molecule has 13 heavy (non-hydrogen) atoms. The van der Waals surface area contributed by atoms with Gasteiger partial charge in [-0.3, -0.25) is 0 Å². The highest BCUT2D eigenvalue weighted by molar-refractivity contribution is 7.15. The summed E-state index contributed by atoms with van der Waals surface area (Å²) in [7, 11) is 2.15. The van der Waals surface area contributed by atoms with Crippen molar-refractivity contribution in [2.75, 3.05) is 25.5 Å². The lowest BCUT2D eigenvalue weighted by Gasteiger charge is -2.10. The second kappa shape index (κ2) is 3.59. The number of likely N-dealkylation sites (N-methyl/N-ethyl adjacent to an activating group) is 1. The van der Waals surface area contributed by atoms with Gasteiger partial charge in [0.25, 0.3) is 0 Å². The molecule has 0 radical (unpaired) electrons. The fourth-order valence-electron chi connectivity index (χ4n) is 1.58. The zero-order valence-corrected chi connectivity index (χ0v) is 8.77. The van der Waals surface area contributed by atoms with Crippen molar-refractivity contribution in [2.24, 2.45) is 0 Å². The summed E-state index contributed by atoms with van der Waals surface area (Å²) in [4.78, 5) is 2.32. The molecule has 1 aromatic heterocycles. The van der Waals surface area contributed by atoms with Crippen molar-refractivity contribution in [1.29, 1.82) is 0 Å². The summed E-state index contributed by atoms with van der Waals surface area (Å²) in [5, 5.41) is 13.4. The number of nitrogens with zero attached hydrogens (tertiary/aromatic N) is 3. The standard InChI is InChI=1S/C8H14N4S/c1-6-10-11-8(13-6)9-7-3-4-12(2)5-7/h7H,3-5H2,1-2H3,(H,9,11). The van der Waals surface area contributed by atoms with Crippen LogP contribution in [0.5, 0.6) is 0 Å². The second-order valence-electron chi connectivity index (χ2n) is 3.52. The number of anilines is 1. The Balaban J connectivity index is 1.91. The summed E-state index contributed by atoms with van der Waals surface area (Å²) in [6.45, 7) is 4.26. The normalized spacial score (nSPS) is 23.7. The maximum Gasteiger partial charge on any atom is 0.205 e. The van der Waals surface area contributed by atoms with Crippen LogP contribution in [0.3, 0.4) is 0 Å². The zero-order valence-electron chi connectivity index (χ0n) is 7.95. The molecule has 5 heteroatoms. The van der Waals surface area contributed by atoms with E-state index in [0.29, 0.717) is 6.04 Å². The van der Waals surface area contributed by atoms with Crippen LogP contribution in [0, 0.1) is 6.92 Å². The largest absolute Gasteiger partial charge is 0.356 e. The van der Waals surface area contributed by atoms with Crippen LogP contribution >= 0.6 is 11.3 Å². The summed E-state index contributed by atoms with van der Waals surface area (Å²) in [5.74, 6) is 0. The van der Waals surface area contributed by atoms with Crippen LogP contribution in [0.2, 0.25) is 0 Å². The van der Waals surface area contributed by atoms with Crippen molar-refractivity contribution in [3.63, 3.8) is 0 Å². The summed E-state index contributed by atoms with van der Waals surface area (Å²) in [6, 6.07) is 0.553. The lowest BCUT2D eigenvalue weighted by Crippen LogP contribution is -2.23. The van der Waals surface area contributed by atoms with E-state index in [0.717, 1.165) is 16.7 Å². The summed E-state index contributed by atoms with van der Waals surface area (Å²) in [6.07, 6.45) is 1.20. The summed E-state index contributed by atoms with van der Waals surface area (Å²) in [5.41, 5.74) is 0. The molecule has 72 valence electrons. The molecule has 4 nitrogen and oxygen atoms in total. The Labute approximate surface area is 82.0 Å². The molecule has 1 aliphatic heterocycles. The van der Waals surface area contributed by atoms with Gasteiger partial charge in [0.1, 0.15) is 5.01 Å². The molecule has 0 amide bonds. The highest BCUT2D eigenvalue weighted by atomic mass is 32.1. The van der Waals surface area contributed by atoms with Gasteiger partial charge in [-0.2, -0.15) is 0 Å². The first kappa shape index (κ1) is 8.90. The smallest absolute Gasteiger partial charge is 0.205 e. The first-order valence-corrected chi connectivity index (χ1v) is 5.31. The van der Waals surface area contributed by atoms with Crippen molar-refractivity contribution in [3.05, 3.63) is 5.01 Å². The van der Waals surface area contributed by atoms with Crippen LogP contribution in [0.15, 0.2) is 0 Å². The summed E-state index contributed by atoms with van der Waals surface area (Å²) < 4.78 is 0. The van der Waals surface area contributed by atoms with E-state index >= 15 is 0 Å². The molecule has 1 aliphatic rings. The molecule has 0 bridgehead atoms. The average molecular weight is 198 g/mol. The molecule has 0 aromatic carbocycles. The van der Waals surface area contributed by atoms with Crippen molar-refractivity contribution in [1.82, 2.24) is 15.1 Å². The Kier molecular flexibility index (Phi) is 2.46. The van der Waals surface area contributed by atoms with Crippen molar-refractivity contribution in [3.8, 4) is 0 Å². The Hall–Kier alpha value is -0.680. The summed E-state index contributed by atoms with van der Waals surface area (Å²) >= 11 is 1.62. The number of aromatic nitrogens is 2. The minimum Gasteiger partial charge on any atom is -0.356 e. The van der Waals surface area contributed by atoms with E-state index in [4.69, 9.17) is 0 Å². The van der Waals surface area contributed by atoms with Gasteiger partial charge in [-0.1, -0.05) is 11.3 Å². The minimum absolute atomic E-state index is 0.553. The fraction of sp³-hybridized carbons (Fsp3) is 0.750. The van der Waals surface area contributed by atoms with Crippen LogP contribution in [0.1, 0.15) is 11.4 Å². The quantitative estimate of drug-likeness (QED) is 0.768. The molecule has 0 saturated carbocycles. The molecule has 1 unspecified atom stereocenters. The topological polar surface area (TPSA) is 41.1 Å². The fourth-order valence-corrected chi connectivity index (χ4v) is 2.25. The van der Waals surface area contributed by atoms with E-state index in [1.165, 1.54) is 13.0 Å². The van der Waals surface area contributed by atoms with Gasteiger partial charge in [0, 0.05) is 12.6 Å². The lowest BCUT2D eigenvalue weighted by atomic mass is 10.3. The van der Waals surface area contributed by atoms with Gasteiger partial charge in [-0.15, -0.1) is 10.2 Å². The van der Waals surface area contributed by atoms with E-state index < -0.39 is 0 Å². The molecule has 1 saturated heterocycles. The molecule has 1 N–H and O–H groups in total. The predicted molar refractivity (Wildman–Crippen MR) is 54.2 cm³/mol. The molecular formula is C8H14N4S. The van der Waals surface area contributed by atoms with Crippen LogP contribution in [-0.2, 0) is 0 Å². The monoisotopic (exact) mass is 198 g/mol. The van der Waals surface area contributed by atoms with Gasteiger partial charge >= 0.3 is 0 Å². The number of aryl methyl sites for hydroxylation is 1. The SMILES string of the molecule is Cc1nnc(NC2CCN(C)C2)s1. The van der Waals surface area contributed by atoms with E-state index in [1.54, 1.807) is 11.3 Å². The molecule has 2 rings (SSSR count). The van der Waals surface area contributed by atoms with Gasteiger partial charge in [0.15, 0.2) is 0 Å². The van der Waals surface area contributed by atoms with Gasteiger partial charge in [-0.05, 0) is 26.9 Å². The highest BCUT2D eigenvalue weighted by Gasteiger charge is 2.19. The van der Waals surface area contributed by atoms with E-state index in [9.17, 15) is 0 Å². The van der Waals surface area contributed by atoms with Crippen LogP contribution in [0.25, 0.3) is 0 Å². The molecule has 2 heterocycles. The van der Waals surface area contributed by atoms with Crippen LogP contribution < -0.4 is 5.32 Å². The van der Waals surface area contributed by atoms with E-state index in [1.807, 2.05) is 6.92 Å². The van der Waals surface area contributed by atoms with Gasteiger partial charge < -0.3 is 10.2 Å². The molecule has 1 aromatic rings. The maximum absolute atomic E-state index is 4.04. The maximum atomic E-state index is 4.04. The van der Waals surface area contributed by atoms with Crippen molar-refractivity contribution in [2.45, 2.75) is 19.4 Å². The highest BCUT2D eigenvalue weighted by Crippen LogP contribution is 2.18. The predicted octanol–water partition coefficient (Wildman–Crippen LogP) is 0.963. The first-order chi connectivity index (χ1) is 6.24. The molecular weight excluding hydrogens is 184 g/mol. The molecule has 0 spiro atoms. The van der Waals surface area contributed by atoms with Crippen molar-refractivity contribution >= 4 is 16.5 Å². The minimum atomic E-state index is 0.553. The molecule has 0 aliphatic carbocycles. The third-order valence-electron chi connectivity index (χ3n) is 2.24. The Morgan fingerprint density at radius 2 is 2.38 bits per heavy atom. The number of nitrogens with one attached hydrogen (secondary N) is 1. The number of hydrogen-bond acceptors (Lipinski definition) is 5. The van der Waals surface area contributed by atoms with Gasteiger partial charge in [-0.25, -0.2) is 0 Å². The Bertz CT molecular complexity index is 285. The number of rotatable bonds is 2. The lowest BCUT2D eigenvalue weighted by molar-refractivity contribution is 0.414. The van der Waals surface area contributed by atoms with Crippen LogP contribution in [0.4, 0.5) is 5.13 Å². The Morgan fingerprint density at radius 1 is 1.54 bits per heavy atom. The number of likely N-dealkylation sites (tertiary alicyclic amines) is 1. The van der Waals surface area contributed by atoms with Gasteiger partial charge in [0.05, 0.1) is 0 Å². The number of hydrogen-bond donors (Lipinski definition) is 1. The molecule has 1 atom stereocenters. The average Bonchev–Trinajstić information content (AvgIpc) is 2.62. The van der Waals surface area contributed by atoms with Crippen molar-refractivity contribution < 1.29 is 0 Å². The first-order valence-electron chi connectivity index (χ1n) is 4.49. The van der Waals surface area contributed by atoms with E-state index in [2.05, 4.69) is 27.5 Å². The third-order valence-corrected chi connectivity index (χ3v) is 3.01. The zero-order chi connectivity index (χ0) is 9.26. The molecule has 1 fully saturated rings.